The molecule has 2 aromatic carbocycles. The predicted molar refractivity (Wildman–Crippen MR) is 111 cm³/mol. The number of nitrogens with zero attached hydrogens (tertiary/aromatic N) is 2. The predicted octanol–water partition coefficient (Wildman–Crippen LogP) is 4.01. The summed E-state index contributed by atoms with van der Waals surface area (Å²) >= 11 is 1.40. The molecule has 0 saturated carbocycles. The van der Waals surface area contributed by atoms with Gasteiger partial charge < -0.3 is 15.1 Å². The van der Waals surface area contributed by atoms with Crippen molar-refractivity contribution in [2.24, 2.45) is 0 Å². The van der Waals surface area contributed by atoms with E-state index in [9.17, 15) is 9.18 Å². The summed E-state index contributed by atoms with van der Waals surface area (Å²) in [6.07, 6.45) is 1.15. The summed E-state index contributed by atoms with van der Waals surface area (Å²) in [6, 6.07) is 12.8. The first-order valence-electron chi connectivity index (χ1n) is 9.12. The minimum atomic E-state index is -0.269. The van der Waals surface area contributed by atoms with E-state index >= 15 is 0 Å². The Hall–Kier alpha value is -2.05. The molecule has 1 heterocycles. The quantitative estimate of drug-likeness (QED) is 0.760. The first kappa shape index (κ1) is 19.7. The van der Waals surface area contributed by atoms with Gasteiger partial charge in [-0.15, -0.1) is 11.8 Å². The number of amides is 1. The third-order valence-corrected chi connectivity index (χ3v) is 5.92. The molecule has 0 aromatic heterocycles. The molecule has 2 aromatic rings. The van der Waals surface area contributed by atoms with Crippen molar-refractivity contribution >= 4 is 29.0 Å². The molecular formula is C21H26FN3OS. The molecule has 1 aliphatic heterocycles. The van der Waals surface area contributed by atoms with Crippen molar-refractivity contribution in [3.05, 3.63) is 53.8 Å². The zero-order chi connectivity index (χ0) is 19.4. The van der Waals surface area contributed by atoms with Gasteiger partial charge in [0.1, 0.15) is 5.82 Å². The van der Waals surface area contributed by atoms with Crippen molar-refractivity contribution in [3.8, 4) is 0 Å². The fourth-order valence-corrected chi connectivity index (χ4v) is 3.99. The zero-order valence-corrected chi connectivity index (χ0v) is 16.9. The van der Waals surface area contributed by atoms with Crippen molar-refractivity contribution in [2.45, 2.75) is 24.3 Å². The van der Waals surface area contributed by atoms with Crippen molar-refractivity contribution < 1.29 is 9.18 Å². The van der Waals surface area contributed by atoms with Crippen LogP contribution in [0.5, 0.6) is 0 Å². The highest BCUT2D eigenvalue weighted by Crippen LogP contribution is 2.28. The molecule has 3 rings (SSSR count). The third-order valence-electron chi connectivity index (χ3n) is 4.91. The van der Waals surface area contributed by atoms with E-state index in [1.807, 2.05) is 6.07 Å². The number of likely N-dealkylation sites (N-methyl/N-ethyl adjacent to an activating group) is 1. The molecule has 1 unspecified atom stereocenters. The van der Waals surface area contributed by atoms with Crippen LogP contribution in [0, 0.1) is 12.7 Å². The van der Waals surface area contributed by atoms with Crippen molar-refractivity contribution in [1.82, 2.24) is 4.90 Å². The van der Waals surface area contributed by atoms with Crippen molar-refractivity contribution in [2.75, 3.05) is 43.2 Å². The molecule has 144 valence electrons. The number of benzene rings is 2. The highest BCUT2D eigenvalue weighted by Gasteiger charge is 2.25. The number of halogens is 1. The molecule has 0 aliphatic carbocycles. The summed E-state index contributed by atoms with van der Waals surface area (Å²) in [4.78, 5) is 17.8. The minimum Gasteiger partial charge on any atom is -0.370 e. The molecule has 4 nitrogen and oxygen atoms in total. The summed E-state index contributed by atoms with van der Waals surface area (Å²) < 4.78 is 12.9. The van der Waals surface area contributed by atoms with Gasteiger partial charge in [-0.05, 0) is 69.4 Å². The second-order valence-corrected chi connectivity index (χ2v) is 8.19. The van der Waals surface area contributed by atoms with Gasteiger partial charge in [0.15, 0.2) is 0 Å². The number of aryl methyl sites for hydroxylation is 1. The van der Waals surface area contributed by atoms with Gasteiger partial charge in [-0.3, -0.25) is 4.79 Å². The van der Waals surface area contributed by atoms with Crippen LogP contribution in [0.1, 0.15) is 12.0 Å². The molecule has 1 aliphatic rings. The van der Waals surface area contributed by atoms with E-state index in [0.29, 0.717) is 11.8 Å². The molecule has 1 atom stereocenters. The van der Waals surface area contributed by atoms with Gasteiger partial charge in [0.2, 0.25) is 5.91 Å². The largest absolute Gasteiger partial charge is 0.370 e. The molecule has 0 radical (unpaired) electrons. The molecular weight excluding hydrogens is 361 g/mol. The van der Waals surface area contributed by atoms with Gasteiger partial charge in [-0.25, -0.2) is 4.39 Å². The van der Waals surface area contributed by atoms with Gasteiger partial charge in [0.05, 0.1) is 5.75 Å². The second kappa shape index (κ2) is 8.76. The molecule has 1 saturated heterocycles. The van der Waals surface area contributed by atoms with E-state index in [0.717, 1.165) is 30.1 Å². The number of hydrogen-bond acceptors (Lipinski definition) is 4. The van der Waals surface area contributed by atoms with Gasteiger partial charge >= 0.3 is 0 Å². The van der Waals surface area contributed by atoms with Crippen LogP contribution in [0.25, 0.3) is 0 Å². The standard InChI is InChI=1S/C21H26FN3OS/c1-15-4-7-17(12-20(15)25-11-10-18(13-25)24(2)3)23-21(26)14-27-19-8-5-16(22)6-9-19/h4-9,12,18H,10-11,13-14H2,1-3H3,(H,23,26). The Morgan fingerprint density at radius 1 is 1.26 bits per heavy atom. The summed E-state index contributed by atoms with van der Waals surface area (Å²) in [7, 11) is 4.24. The second-order valence-electron chi connectivity index (χ2n) is 7.14. The summed E-state index contributed by atoms with van der Waals surface area (Å²) in [5.74, 6) is -0.0394. The Labute approximate surface area is 164 Å². The lowest BCUT2D eigenvalue weighted by molar-refractivity contribution is -0.113. The lowest BCUT2D eigenvalue weighted by Gasteiger charge is -2.24. The normalized spacial score (nSPS) is 16.8. The van der Waals surface area contributed by atoms with Crippen LogP contribution >= 0.6 is 11.8 Å². The van der Waals surface area contributed by atoms with Crippen LogP contribution in [0.2, 0.25) is 0 Å². The van der Waals surface area contributed by atoms with Crippen LogP contribution in [0.3, 0.4) is 0 Å². The van der Waals surface area contributed by atoms with E-state index in [2.05, 4.69) is 48.3 Å². The third kappa shape index (κ3) is 5.23. The average molecular weight is 388 g/mol. The van der Waals surface area contributed by atoms with E-state index in [-0.39, 0.29) is 11.7 Å². The molecule has 1 fully saturated rings. The maximum Gasteiger partial charge on any atom is 0.234 e. The summed E-state index contributed by atoms with van der Waals surface area (Å²) in [6.45, 7) is 4.14. The Morgan fingerprint density at radius 2 is 2.00 bits per heavy atom. The van der Waals surface area contributed by atoms with Gasteiger partial charge in [-0.2, -0.15) is 0 Å². The average Bonchev–Trinajstić information content (AvgIpc) is 3.13. The summed E-state index contributed by atoms with van der Waals surface area (Å²) in [5.41, 5.74) is 3.21. The highest BCUT2D eigenvalue weighted by molar-refractivity contribution is 8.00. The van der Waals surface area contributed by atoms with Crippen LogP contribution in [-0.4, -0.2) is 49.8 Å². The molecule has 0 spiro atoms. The Kier molecular flexibility index (Phi) is 6.39. The van der Waals surface area contributed by atoms with Crippen LogP contribution in [0.15, 0.2) is 47.4 Å². The van der Waals surface area contributed by atoms with Crippen LogP contribution in [0.4, 0.5) is 15.8 Å². The number of carbonyl (C=O) groups excluding carboxylic acids is 1. The van der Waals surface area contributed by atoms with Crippen LogP contribution < -0.4 is 10.2 Å². The topological polar surface area (TPSA) is 35.6 Å². The number of nitrogens with one attached hydrogen (secondary N) is 1. The number of rotatable bonds is 6. The monoisotopic (exact) mass is 387 g/mol. The number of carbonyl (C=O) groups is 1. The first-order valence-corrected chi connectivity index (χ1v) is 10.1. The fourth-order valence-electron chi connectivity index (χ4n) is 3.29. The Bertz CT molecular complexity index is 795. The van der Waals surface area contributed by atoms with E-state index in [1.165, 1.54) is 35.1 Å². The Balaban J connectivity index is 1.60. The van der Waals surface area contributed by atoms with Crippen molar-refractivity contribution in [1.29, 1.82) is 0 Å². The maximum atomic E-state index is 12.9. The van der Waals surface area contributed by atoms with Gasteiger partial charge in [-0.1, -0.05) is 6.07 Å². The number of hydrogen-bond donors (Lipinski definition) is 1. The smallest absolute Gasteiger partial charge is 0.234 e. The van der Waals surface area contributed by atoms with E-state index in [1.54, 1.807) is 12.1 Å². The summed E-state index contributed by atoms with van der Waals surface area (Å²) in [5, 5.41) is 2.98. The lowest BCUT2D eigenvalue weighted by atomic mass is 10.1. The first-order chi connectivity index (χ1) is 12.9. The van der Waals surface area contributed by atoms with Gasteiger partial charge in [0, 0.05) is 35.4 Å². The molecule has 0 bridgehead atoms. The SMILES string of the molecule is Cc1ccc(NC(=O)CSc2ccc(F)cc2)cc1N1CCC(N(C)C)C1. The van der Waals surface area contributed by atoms with Crippen LogP contribution in [-0.2, 0) is 4.79 Å². The van der Waals surface area contributed by atoms with E-state index < -0.39 is 0 Å². The minimum absolute atomic E-state index is 0.0632. The molecule has 27 heavy (non-hydrogen) atoms. The zero-order valence-electron chi connectivity index (χ0n) is 16.0. The number of thioether (sulfide) groups is 1. The maximum absolute atomic E-state index is 12.9. The van der Waals surface area contributed by atoms with E-state index in [4.69, 9.17) is 0 Å². The molecule has 1 N–H and O–H groups in total. The highest BCUT2D eigenvalue weighted by atomic mass is 32.2. The Morgan fingerprint density at radius 3 is 2.67 bits per heavy atom. The fraction of sp³-hybridized carbons (Fsp3) is 0.381. The van der Waals surface area contributed by atoms with Gasteiger partial charge in [0.25, 0.3) is 0 Å². The molecule has 1 amide bonds. The molecule has 6 heteroatoms. The lowest BCUT2D eigenvalue weighted by Crippen LogP contribution is -2.31. The number of anilines is 2. The van der Waals surface area contributed by atoms with Crippen molar-refractivity contribution in [3.63, 3.8) is 0 Å².